The van der Waals surface area contributed by atoms with Gasteiger partial charge in [-0.3, -0.25) is 9.52 Å². The molecule has 0 saturated heterocycles. The average molecular weight is 444 g/mol. The maximum Gasteiger partial charge on any atom is 0.271 e. The maximum atomic E-state index is 12.3. The van der Waals surface area contributed by atoms with E-state index in [0.717, 1.165) is 32.7 Å². The van der Waals surface area contributed by atoms with Gasteiger partial charge in [0.2, 0.25) is 5.91 Å². The van der Waals surface area contributed by atoms with Crippen LogP contribution < -0.4 is 10.0 Å². The van der Waals surface area contributed by atoms with Crippen LogP contribution in [-0.4, -0.2) is 19.3 Å². The second kappa shape index (κ2) is 7.94. The van der Waals surface area contributed by atoms with Crippen molar-refractivity contribution in [1.82, 2.24) is 4.98 Å². The number of aromatic nitrogens is 1. The summed E-state index contributed by atoms with van der Waals surface area (Å²) in [6.45, 7) is 2.02. The summed E-state index contributed by atoms with van der Waals surface area (Å²) in [5.41, 5.74) is 3.23. The number of sulfonamides is 1. The molecule has 0 aliphatic heterocycles. The van der Waals surface area contributed by atoms with E-state index in [-0.39, 0.29) is 16.5 Å². The van der Waals surface area contributed by atoms with E-state index in [0.29, 0.717) is 10.8 Å². The highest BCUT2D eigenvalue weighted by Gasteiger charge is 2.15. The fourth-order valence-electron chi connectivity index (χ4n) is 2.75. The first-order valence-corrected chi connectivity index (χ1v) is 11.9. The summed E-state index contributed by atoms with van der Waals surface area (Å²) in [6.07, 6.45) is 0.174. The molecule has 2 N–H and O–H groups in total. The quantitative estimate of drug-likeness (QED) is 0.454. The largest absolute Gasteiger partial charge is 0.302 e. The summed E-state index contributed by atoms with van der Waals surface area (Å²) in [5, 5.41) is 5.11. The van der Waals surface area contributed by atoms with Crippen LogP contribution in [0.15, 0.2) is 64.2 Å². The molecule has 148 valence electrons. The van der Waals surface area contributed by atoms with Gasteiger partial charge >= 0.3 is 0 Å². The molecular weight excluding hydrogens is 426 g/mol. The number of nitrogens with zero attached hydrogens (tertiary/aromatic N) is 1. The molecule has 0 spiro atoms. The van der Waals surface area contributed by atoms with Crippen LogP contribution in [0.4, 0.5) is 10.8 Å². The first-order chi connectivity index (χ1) is 13.9. The van der Waals surface area contributed by atoms with E-state index in [1.165, 1.54) is 11.3 Å². The van der Waals surface area contributed by atoms with Crippen molar-refractivity contribution in [3.63, 3.8) is 0 Å². The minimum Gasteiger partial charge on any atom is -0.302 e. The molecule has 2 aromatic carbocycles. The lowest BCUT2D eigenvalue weighted by molar-refractivity contribution is -0.115. The Balaban J connectivity index is 1.39. The highest BCUT2D eigenvalue weighted by molar-refractivity contribution is 7.94. The Morgan fingerprint density at radius 1 is 1.10 bits per heavy atom. The maximum absolute atomic E-state index is 12.3. The predicted molar refractivity (Wildman–Crippen MR) is 118 cm³/mol. The number of thiophene rings is 1. The van der Waals surface area contributed by atoms with Gasteiger partial charge in [0.1, 0.15) is 4.21 Å². The molecule has 0 bridgehead atoms. The summed E-state index contributed by atoms with van der Waals surface area (Å²) in [4.78, 5) is 16.8. The molecule has 0 fully saturated rings. The van der Waals surface area contributed by atoms with Crippen LogP contribution >= 0.6 is 22.7 Å². The second-order valence-corrected chi connectivity index (χ2v) is 10.3. The lowest BCUT2D eigenvalue weighted by atomic mass is 10.1. The zero-order chi connectivity index (χ0) is 20.4. The van der Waals surface area contributed by atoms with Gasteiger partial charge in [0.25, 0.3) is 10.0 Å². The van der Waals surface area contributed by atoms with E-state index in [1.54, 1.807) is 41.8 Å². The highest BCUT2D eigenvalue weighted by atomic mass is 32.2. The molecule has 0 unspecified atom stereocenters. The molecule has 2 heterocycles. The highest BCUT2D eigenvalue weighted by Crippen LogP contribution is 2.27. The molecule has 0 atom stereocenters. The average Bonchev–Trinajstić information content (AvgIpc) is 3.32. The molecule has 9 heteroatoms. The van der Waals surface area contributed by atoms with Gasteiger partial charge < -0.3 is 5.32 Å². The van der Waals surface area contributed by atoms with Crippen LogP contribution in [0.3, 0.4) is 0 Å². The van der Waals surface area contributed by atoms with Crippen molar-refractivity contribution in [3.05, 3.63) is 71.1 Å². The minimum absolute atomic E-state index is 0.173. The Morgan fingerprint density at radius 2 is 1.90 bits per heavy atom. The number of amides is 1. The third-order valence-corrected chi connectivity index (χ3v) is 7.83. The Bertz CT molecular complexity index is 1260. The SMILES string of the molecule is Cc1ccc2nc(NC(=O)Cc3ccc(NS(=O)(=O)c4cccs4)cc3)sc2c1. The number of thiazole rings is 1. The fraction of sp³-hybridized carbons (Fsp3) is 0.100. The number of carbonyl (C=O) groups excluding carboxylic acids is 1. The Labute approximate surface area is 176 Å². The first kappa shape index (κ1) is 19.6. The third-order valence-electron chi connectivity index (χ3n) is 4.12. The van der Waals surface area contributed by atoms with E-state index in [9.17, 15) is 13.2 Å². The zero-order valence-corrected chi connectivity index (χ0v) is 17.8. The van der Waals surface area contributed by atoms with E-state index in [1.807, 2.05) is 25.1 Å². The number of rotatable bonds is 6. The first-order valence-electron chi connectivity index (χ1n) is 8.71. The lowest BCUT2D eigenvalue weighted by Crippen LogP contribution is -2.14. The molecule has 2 aromatic heterocycles. The number of nitrogens with one attached hydrogen (secondary N) is 2. The van der Waals surface area contributed by atoms with Gasteiger partial charge in [-0.1, -0.05) is 35.6 Å². The van der Waals surface area contributed by atoms with E-state index in [4.69, 9.17) is 0 Å². The number of benzene rings is 2. The number of anilines is 2. The topological polar surface area (TPSA) is 88.2 Å². The van der Waals surface area contributed by atoms with Crippen molar-refractivity contribution in [3.8, 4) is 0 Å². The summed E-state index contributed by atoms with van der Waals surface area (Å²) in [5.74, 6) is -0.173. The summed E-state index contributed by atoms with van der Waals surface area (Å²) >= 11 is 2.59. The summed E-state index contributed by atoms with van der Waals surface area (Å²) in [6, 6.07) is 16.0. The number of aryl methyl sites for hydroxylation is 1. The van der Waals surface area contributed by atoms with Crippen LogP contribution in [0.2, 0.25) is 0 Å². The molecule has 0 aliphatic rings. The number of hydrogen-bond acceptors (Lipinski definition) is 6. The van der Waals surface area contributed by atoms with Gasteiger partial charge in [-0.05, 0) is 53.8 Å². The lowest BCUT2D eigenvalue weighted by Gasteiger charge is -2.07. The summed E-state index contributed by atoms with van der Waals surface area (Å²) in [7, 11) is -3.58. The van der Waals surface area contributed by atoms with Gasteiger partial charge in [-0.25, -0.2) is 13.4 Å². The summed E-state index contributed by atoms with van der Waals surface area (Å²) < 4.78 is 28.3. The van der Waals surface area contributed by atoms with Gasteiger partial charge in [-0.2, -0.15) is 0 Å². The van der Waals surface area contributed by atoms with Crippen molar-refractivity contribution < 1.29 is 13.2 Å². The molecule has 1 amide bonds. The Hall–Kier alpha value is -2.75. The molecule has 29 heavy (non-hydrogen) atoms. The van der Waals surface area contributed by atoms with Crippen molar-refractivity contribution in [2.45, 2.75) is 17.6 Å². The van der Waals surface area contributed by atoms with E-state index < -0.39 is 10.0 Å². The van der Waals surface area contributed by atoms with Crippen molar-refractivity contribution in [2.24, 2.45) is 0 Å². The van der Waals surface area contributed by atoms with Crippen molar-refractivity contribution >= 4 is 59.6 Å². The Morgan fingerprint density at radius 3 is 2.62 bits per heavy atom. The standard InChI is InChI=1S/C20H17N3O3S3/c1-13-4-9-16-17(11-13)28-20(21-16)22-18(24)12-14-5-7-15(8-6-14)23-29(25,26)19-3-2-10-27-19/h2-11,23H,12H2,1H3,(H,21,22,24). The third kappa shape index (κ3) is 4.64. The molecule has 4 rings (SSSR count). The number of fused-ring (bicyclic) bond motifs is 1. The fourth-order valence-corrected chi connectivity index (χ4v) is 5.78. The van der Waals surface area contributed by atoms with Crippen LogP contribution in [-0.2, 0) is 21.2 Å². The number of hydrogen-bond donors (Lipinski definition) is 2. The van der Waals surface area contributed by atoms with E-state index in [2.05, 4.69) is 15.0 Å². The zero-order valence-electron chi connectivity index (χ0n) is 15.4. The molecule has 4 aromatic rings. The molecule has 6 nitrogen and oxygen atoms in total. The minimum atomic E-state index is -3.58. The van der Waals surface area contributed by atoms with Crippen LogP contribution in [0.5, 0.6) is 0 Å². The van der Waals surface area contributed by atoms with Crippen LogP contribution in [0.1, 0.15) is 11.1 Å². The molecular formula is C20H17N3O3S3. The molecule has 0 saturated carbocycles. The Kier molecular flexibility index (Phi) is 5.35. The van der Waals surface area contributed by atoms with Crippen molar-refractivity contribution in [2.75, 3.05) is 10.0 Å². The van der Waals surface area contributed by atoms with E-state index >= 15 is 0 Å². The number of carbonyl (C=O) groups is 1. The van der Waals surface area contributed by atoms with Gasteiger partial charge in [0.05, 0.1) is 16.6 Å². The van der Waals surface area contributed by atoms with Gasteiger partial charge in [-0.15, -0.1) is 11.3 Å². The smallest absolute Gasteiger partial charge is 0.271 e. The van der Waals surface area contributed by atoms with Crippen molar-refractivity contribution in [1.29, 1.82) is 0 Å². The van der Waals surface area contributed by atoms with Crippen LogP contribution in [0, 0.1) is 6.92 Å². The monoisotopic (exact) mass is 443 g/mol. The molecule has 0 radical (unpaired) electrons. The predicted octanol–water partition coefficient (Wildman–Crippen LogP) is 4.65. The van der Waals surface area contributed by atoms with Gasteiger partial charge in [0, 0.05) is 5.69 Å². The molecule has 0 aliphatic carbocycles. The normalized spacial score (nSPS) is 11.5. The van der Waals surface area contributed by atoms with Gasteiger partial charge in [0.15, 0.2) is 5.13 Å². The van der Waals surface area contributed by atoms with Crippen LogP contribution in [0.25, 0.3) is 10.2 Å². The second-order valence-electron chi connectivity index (χ2n) is 6.45.